The van der Waals surface area contributed by atoms with E-state index in [2.05, 4.69) is 20.9 Å². The van der Waals surface area contributed by atoms with E-state index in [9.17, 15) is 4.79 Å². The van der Waals surface area contributed by atoms with Crippen LogP contribution in [0.25, 0.3) is 11.1 Å². The molecular formula is C12H10BrNO. The second-order valence-electron chi connectivity index (χ2n) is 3.38. The van der Waals surface area contributed by atoms with Crippen molar-refractivity contribution in [3.8, 4) is 11.1 Å². The summed E-state index contributed by atoms with van der Waals surface area (Å²) < 4.78 is 0.993. The van der Waals surface area contributed by atoms with Gasteiger partial charge in [0.2, 0.25) is 0 Å². The molecule has 2 rings (SSSR count). The summed E-state index contributed by atoms with van der Waals surface area (Å²) in [6, 6.07) is 9.83. The summed E-state index contributed by atoms with van der Waals surface area (Å²) in [5.74, 6) is 0. The summed E-state index contributed by atoms with van der Waals surface area (Å²) in [6.07, 6.45) is 0.849. The highest BCUT2D eigenvalue weighted by Gasteiger charge is 2.09. The van der Waals surface area contributed by atoms with Crippen LogP contribution in [0.3, 0.4) is 0 Å². The van der Waals surface area contributed by atoms with Crippen LogP contribution in [0.4, 0.5) is 0 Å². The fourth-order valence-electron chi connectivity index (χ4n) is 1.61. The van der Waals surface area contributed by atoms with Crippen molar-refractivity contribution in [2.45, 2.75) is 6.92 Å². The molecule has 1 heterocycles. The summed E-state index contributed by atoms with van der Waals surface area (Å²) in [7, 11) is 0. The zero-order chi connectivity index (χ0) is 10.8. The van der Waals surface area contributed by atoms with E-state index < -0.39 is 0 Å². The Hall–Kier alpha value is -1.35. The number of halogens is 1. The molecule has 2 aromatic rings. The number of aldehydes is 1. The van der Waals surface area contributed by atoms with Crippen LogP contribution >= 0.6 is 15.9 Å². The number of carbonyl (C=O) groups excluding carboxylic acids is 1. The molecule has 0 spiro atoms. The lowest BCUT2D eigenvalue weighted by molar-refractivity contribution is 0.112. The molecule has 1 aromatic carbocycles. The number of aryl methyl sites for hydroxylation is 1. The normalized spacial score (nSPS) is 10.3. The van der Waals surface area contributed by atoms with Crippen molar-refractivity contribution >= 4 is 22.2 Å². The summed E-state index contributed by atoms with van der Waals surface area (Å²) in [5, 5.41) is 0. The monoisotopic (exact) mass is 263 g/mol. The van der Waals surface area contributed by atoms with Crippen LogP contribution in [0.5, 0.6) is 0 Å². The van der Waals surface area contributed by atoms with E-state index in [-0.39, 0.29) is 0 Å². The average molecular weight is 264 g/mol. The van der Waals surface area contributed by atoms with Crippen LogP contribution in [-0.4, -0.2) is 11.3 Å². The van der Waals surface area contributed by atoms with Crippen LogP contribution in [0.2, 0.25) is 0 Å². The first-order valence-electron chi connectivity index (χ1n) is 4.62. The number of aromatic nitrogens is 1. The summed E-state index contributed by atoms with van der Waals surface area (Å²) in [4.78, 5) is 13.9. The van der Waals surface area contributed by atoms with Gasteiger partial charge in [-0.3, -0.25) is 4.79 Å². The van der Waals surface area contributed by atoms with Gasteiger partial charge in [-0.2, -0.15) is 0 Å². The number of nitrogens with one attached hydrogen (secondary N) is 1. The van der Waals surface area contributed by atoms with Crippen LogP contribution in [-0.2, 0) is 0 Å². The molecular weight excluding hydrogens is 254 g/mol. The zero-order valence-corrected chi connectivity index (χ0v) is 9.84. The van der Waals surface area contributed by atoms with Crippen molar-refractivity contribution < 1.29 is 4.79 Å². The molecule has 0 bridgehead atoms. The van der Waals surface area contributed by atoms with E-state index in [1.54, 1.807) is 0 Å². The molecule has 0 saturated heterocycles. The third kappa shape index (κ3) is 1.88. The molecule has 0 aliphatic rings. The molecule has 0 unspecified atom stereocenters. The molecule has 0 aliphatic carbocycles. The Morgan fingerprint density at radius 2 is 2.00 bits per heavy atom. The van der Waals surface area contributed by atoms with Gasteiger partial charge in [-0.05, 0) is 24.6 Å². The number of benzene rings is 1. The topological polar surface area (TPSA) is 32.9 Å². The second-order valence-corrected chi connectivity index (χ2v) is 4.23. The van der Waals surface area contributed by atoms with Gasteiger partial charge < -0.3 is 4.98 Å². The standard InChI is InChI=1S/C12H10BrNO/c1-8-6-10(12(7-15)14-8)9-4-2-3-5-11(9)13/h2-7,14H,1H3. The fourth-order valence-corrected chi connectivity index (χ4v) is 2.10. The summed E-state index contributed by atoms with van der Waals surface area (Å²) >= 11 is 3.48. The predicted molar refractivity (Wildman–Crippen MR) is 64.1 cm³/mol. The molecule has 1 N–H and O–H groups in total. The van der Waals surface area contributed by atoms with Crippen molar-refractivity contribution in [2.24, 2.45) is 0 Å². The van der Waals surface area contributed by atoms with Gasteiger partial charge in [-0.25, -0.2) is 0 Å². The lowest BCUT2D eigenvalue weighted by Gasteiger charge is -2.01. The molecule has 15 heavy (non-hydrogen) atoms. The molecule has 0 atom stereocenters. The maximum absolute atomic E-state index is 10.9. The van der Waals surface area contributed by atoms with Crippen molar-refractivity contribution in [1.29, 1.82) is 0 Å². The number of aromatic amines is 1. The van der Waals surface area contributed by atoms with Gasteiger partial charge in [0, 0.05) is 15.7 Å². The number of hydrogen-bond donors (Lipinski definition) is 1. The minimum Gasteiger partial charge on any atom is -0.356 e. The Labute approximate surface area is 96.5 Å². The maximum atomic E-state index is 10.9. The average Bonchev–Trinajstić information content (AvgIpc) is 2.60. The highest BCUT2D eigenvalue weighted by molar-refractivity contribution is 9.10. The fraction of sp³-hybridized carbons (Fsp3) is 0.0833. The Morgan fingerprint density at radius 1 is 1.27 bits per heavy atom. The molecule has 2 nitrogen and oxygen atoms in total. The minimum absolute atomic E-state index is 0.624. The van der Waals surface area contributed by atoms with Crippen molar-refractivity contribution in [2.75, 3.05) is 0 Å². The van der Waals surface area contributed by atoms with E-state index in [1.165, 1.54) is 0 Å². The molecule has 3 heteroatoms. The van der Waals surface area contributed by atoms with Gasteiger partial charge in [0.1, 0.15) is 0 Å². The van der Waals surface area contributed by atoms with Gasteiger partial charge >= 0.3 is 0 Å². The van der Waals surface area contributed by atoms with Gasteiger partial charge in [-0.15, -0.1) is 0 Å². The highest BCUT2D eigenvalue weighted by Crippen LogP contribution is 2.30. The largest absolute Gasteiger partial charge is 0.356 e. The lowest BCUT2D eigenvalue weighted by atomic mass is 10.1. The van der Waals surface area contributed by atoms with Crippen LogP contribution in [0.15, 0.2) is 34.8 Å². The molecule has 1 aromatic heterocycles. The van der Waals surface area contributed by atoms with Crippen LogP contribution in [0, 0.1) is 6.92 Å². The first-order chi connectivity index (χ1) is 7.22. The summed E-state index contributed by atoms with van der Waals surface area (Å²) in [5.41, 5.74) is 3.58. The molecule has 0 aliphatic heterocycles. The SMILES string of the molecule is Cc1cc(-c2ccccc2Br)c(C=O)[nH]1. The Balaban J connectivity index is 2.63. The number of hydrogen-bond acceptors (Lipinski definition) is 1. The second kappa shape index (κ2) is 4.03. The lowest BCUT2D eigenvalue weighted by Crippen LogP contribution is -1.85. The van der Waals surface area contributed by atoms with Crippen LogP contribution in [0.1, 0.15) is 16.2 Å². The number of rotatable bonds is 2. The van der Waals surface area contributed by atoms with Gasteiger partial charge in [0.05, 0.1) is 5.69 Å². The van der Waals surface area contributed by atoms with Gasteiger partial charge in [-0.1, -0.05) is 34.1 Å². The number of H-pyrrole nitrogens is 1. The van der Waals surface area contributed by atoms with E-state index in [1.807, 2.05) is 37.3 Å². The smallest absolute Gasteiger partial charge is 0.166 e. The van der Waals surface area contributed by atoms with Gasteiger partial charge in [0.15, 0.2) is 6.29 Å². The summed E-state index contributed by atoms with van der Waals surface area (Å²) in [6.45, 7) is 1.94. The van der Waals surface area contributed by atoms with Crippen molar-refractivity contribution in [1.82, 2.24) is 4.98 Å². The third-order valence-electron chi connectivity index (χ3n) is 2.26. The van der Waals surface area contributed by atoms with E-state index in [0.717, 1.165) is 27.6 Å². The van der Waals surface area contributed by atoms with E-state index in [0.29, 0.717) is 5.69 Å². The third-order valence-corrected chi connectivity index (χ3v) is 2.96. The van der Waals surface area contributed by atoms with Crippen LogP contribution < -0.4 is 0 Å². The Bertz CT molecular complexity index is 502. The molecule has 0 amide bonds. The maximum Gasteiger partial charge on any atom is 0.166 e. The van der Waals surface area contributed by atoms with Crippen molar-refractivity contribution in [3.05, 3.63) is 46.2 Å². The first kappa shape index (κ1) is 10.2. The number of carbonyl (C=O) groups is 1. The first-order valence-corrected chi connectivity index (χ1v) is 5.41. The molecule has 0 fully saturated rings. The van der Waals surface area contributed by atoms with Gasteiger partial charge in [0.25, 0.3) is 0 Å². The Kier molecular flexibility index (Phi) is 2.73. The van der Waals surface area contributed by atoms with E-state index in [4.69, 9.17) is 0 Å². The Morgan fingerprint density at radius 3 is 2.67 bits per heavy atom. The van der Waals surface area contributed by atoms with E-state index >= 15 is 0 Å². The predicted octanol–water partition coefficient (Wildman–Crippen LogP) is 3.57. The molecule has 0 radical (unpaired) electrons. The highest BCUT2D eigenvalue weighted by atomic mass is 79.9. The van der Waals surface area contributed by atoms with Crippen molar-refractivity contribution in [3.63, 3.8) is 0 Å². The minimum atomic E-state index is 0.624. The zero-order valence-electron chi connectivity index (χ0n) is 8.25. The quantitative estimate of drug-likeness (QED) is 0.826. The molecule has 0 saturated carbocycles. The molecule has 76 valence electrons.